The average Bonchev–Trinajstić information content (AvgIpc) is 2.69. The number of fused-ring (bicyclic) bond motifs is 1. The van der Waals surface area contributed by atoms with Crippen molar-refractivity contribution < 1.29 is 10.2 Å². The number of aliphatic hydroxyl groups excluding tert-OH is 2. The van der Waals surface area contributed by atoms with Crippen molar-refractivity contribution in [1.29, 1.82) is 0 Å². The average molecular weight is 264 g/mol. The van der Waals surface area contributed by atoms with Crippen molar-refractivity contribution in [2.24, 2.45) is 11.8 Å². The van der Waals surface area contributed by atoms with Crippen LogP contribution < -0.4 is 0 Å². The zero-order valence-electron chi connectivity index (χ0n) is 8.27. The normalized spacial score (nSPS) is 40.1. The Morgan fingerprint density at radius 1 is 1.36 bits per heavy atom. The summed E-state index contributed by atoms with van der Waals surface area (Å²) < 4.78 is 0. The maximum Gasteiger partial charge on any atom is 0.0763 e. The van der Waals surface area contributed by atoms with Gasteiger partial charge in [-0.1, -0.05) is 15.9 Å². The van der Waals surface area contributed by atoms with E-state index in [1.165, 1.54) is 0 Å². The third kappa shape index (κ3) is 2.13. The van der Waals surface area contributed by atoms with Gasteiger partial charge in [-0.2, -0.15) is 0 Å². The first-order valence-electron chi connectivity index (χ1n) is 5.35. The summed E-state index contributed by atoms with van der Waals surface area (Å²) in [6, 6.07) is 0. The van der Waals surface area contributed by atoms with Gasteiger partial charge in [-0.05, 0) is 18.8 Å². The summed E-state index contributed by atoms with van der Waals surface area (Å²) in [5, 5.41) is 19.8. The maximum absolute atomic E-state index is 9.71. The minimum atomic E-state index is -0.272. The molecule has 4 heteroatoms. The lowest BCUT2D eigenvalue weighted by molar-refractivity contribution is 0.109. The first-order valence-corrected chi connectivity index (χ1v) is 6.47. The molecule has 4 unspecified atom stereocenters. The van der Waals surface area contributed by atoms with E-state index in [-0.39, 0.29) is 12.2 Å². The Hall–Kier alpha value is 0.360. The predicted molar refractivity (Wildman–Crippen MR) is 58.5 cm³/mol. The van der Waals surface area contributed by atoms with Gasteiger partial charge in [-0.3, -0.25) is 0 Å². The second kappa shape index (κ2) is 4.47. The van der Waals surface area contributed by atoms with Crippen molar-refractivity contribution >= 4 is 15.9 Å². The van der Waals surface area contributed by atoms with E-state index in [4.69, 9.17) is 0 Å². The van der Waals surface area contributed by atoms with Gasteiger partial charge < -0.3 is 15.1 Å². The van der Waals surface area contributed by atoms with E-state index >= 15 is 0 Å². The van der Waals surface area contributed by atoms with Crippen LogP contribution in [0.15, 0.2) is 0 Å². The van der Waals surface area contributed by atoms with Crippen molar-refractivity contribution in [2.75, 3.05) is 25.0 Å². The quantitative estimate of drug-likeness (QED) is 0.727. The molecule has 1 aliphatic heterocycles. The van der Waals surface area contributed by atoms with Crippen LogP contribution in [0.1, 0.15) is 12.8 Å². The van der Waals surface area contributed by atoms with Gasteiger partial charge in [0, 0.05) is 30.9 Å². The molecule has 0 aromatic heterocycles. The van der Waals surface area contributed by atoms with Crippen molar-refractivity contribution in [2.45, 2.75) is 25.0 Å². The first kappa shape index (κ1) is 10.9. The van der Waals surface area contributed by atoms with E-state index in [0.29, 0.717) is 17.2 Å². The molecule has 0 spiro atoms. The maximum atomic E-state index is 9.71. The fourth-order valence-corrected chi connectivity index (χ4v) is 3.03. The van der Waals surface area contributed by atoms with Crippen LogP contribution in [0.5, 0.6) is 0 Å². The van der Waals surface area contributed by atoms with Crippen molar-refractivity contribution in [1.82, 2.24) is 4.90 Å². The molecule has 0 aromatic rings. The summed E-state index contributed by atoms with van der Waals surface area (Å²) in [5.74, 6) is 1.14. The summed E-state index contributed by atoms with van der Waals surface area (Å²) in [5.41, 5.74) is 0. The summed E-state index contributed by atoms with van der Waals surface area (Å²) in [7, 11) is 0. The van der Waals surface area contributed by atoms with Gasteiger partial charge in [0.25, 0.3) is 0 Å². The zero-order chi connectivity index (χ0) is 10.1. The minimum absolute atomic E-state index is 0.0916. The standard InChI is InChI=1S/C10H18BrNO2/c11-3-8(13)5-12-4-7-1-2-10(14)9(7)6-12/h7-10,13-14H,1-6H2. The molecule has 82 valence electrons. The van der Waals surface area contributed by atoms with E-state index in [9.17, 15) is 10.2 Å². The highest BCUT2D eigenvalue weighted by molar-refractivity contribution is 9.09. The Balaban J connectivity index is 1.83. The number of hydrogen-bond acceptors (Lipinski definition) is 3. The summed E-state index contributed by atoms with van der Waals surface area (Å²) in [4.78, 5) is 2.28. The van der Waals surface area contributed by atoms with Crippen molar-refractivity contribution in [3.05, 3.63) is 0 Å². The van der Waals surface area contributed by atoms with Crippen LogP contribution in [-0.4, -0.2) is 52.3 Å². The summed E-state index contributed by atoms with van der Waals surface area (Å²) in [6.45, 7) is 2.77. The Morgan fingerprint density at radius 3 is 2.79 bits per heavy atom. The highest BCUT2D eigenvalue weighted by Gasteiger charge is 2.41. The zero-order valence-corrected chi connectivity index (χ0v) is 9.86. The lowest BCUT2D eigenvalue weighted by atomic mass is 10.00. The third-order valence-electron chi connectivity index (χ3n) is 3.54. The van der Waals surface area contributed by atoms with Crippen molar-refractivity contribution in [3.8, 4) is 0 Å². The molecule has 0 radical (unpaired) electrons. The van der Waals surface area contributed by atoms with Crippen LogP contribution in [0.3, 0.4) is 0 Å². The number of hydrogen-bond donors (Lipinski definition) is 2. The Labute approximate surface area is 93.2 Å². The molecule has 0 aromatic carbocycles. The van der Waals surface area contributed by atoms with Gasteiger partial charge in [0.1, 0.15) is 0 Å². The lowest BCUT2D eigenvalue weighted by Gasteiger charge is -2.20. The molecule has 2 fully saturated rings. The molecular weight excluding hydrogens is 246 g/mol. The van der Waals surface area contributed by atoms with Crippen molar-refractivity contribution in [3.63, 3.8) is 0 Å². The molecule has 2 rings (SSSR count). The molecule has 1 saturated carbocycles. The highest BCUT2D eigenvalue weighted by atomic mass is 79.9. The molecule has 14 heavy (non-hydrogen) atoms. The molecule has 1 aliphatic carbocycles. The van der Waals surface area contributed by atoms with E-state index in [1.807, 2.05) is 0 Å². The molecule has 0 bridgehead atoms. The fraction of sp³-hybridized carbons (Fsp3) is 1.00. The molecule has 2 aliphatic rings. The van der Waals surface area contributed by atoms with Crippen LogP contribution in [0.4, 0.5) is 0 Å². The summed E-state index contributed by atoms with van der Waals surface area (Å²) in [6.07, 6.45) is 1.77. The van der Waals surface area contributed by atoms with E-state index in [2.05, 4.69) is 20.8 Å². The third-order valence-corrected chi connectivity index (χ3v) is 4.29. The lowest BCUT2D eigenvalue weighted by Crippen LogP contribution is -2.33. The topological polar surface area (TPSA) is 43.7 Å². The number of aliphatic hydroxyl groups is 2. The Morgan fingerprint density at radius 2 is 2.14 bits per heavy atom. The van der Waals surface area contributed by atoms with Gasteiger partial charge in [-0.25, -0.2) is 0 Å². The van der Waals surface area contributed by atoms with E-state index in [0.717, 1.165) is 32.5 Å². The number of alkyl halides is 1. The van der Waals surface area contributed by atoms with Crippen LogP contribution in [-0.2, 0) is 0 Å². The van der Waals surface area contributed by atoms with Crippen LogP contribution >= 0.6 is 15.9 Å². The van der Waals surface area contributed by atoms with E-state index < -0.39 is 0 Å². The minimum Gasteiger partial charge on any atom is -0.393 e. The molecule has 3 nitrogen and oxygen atoms in total. The summed E-state index contributed by atoms with van der Waals surface area (Å²) >= 11 is 3.27. The number of rotatable bonds is 3. The molecule has 2 N–H and O–H groups in total. The van der Waals surface area contributed by atoms with E-state index in [1.54, 1.807) is 0 Å². The van der Waals surface area contributed by atoms with Gasteiger partial charge in [-0.15, -0.1) is 0 Å². The first-order chi connectivity index (χ1) is 6.70. The molecule has 0 amide bonds. The fourth-order valence-electron chi connectivity index (χ4n) is 2.82. The van der Waals surface area contributed by atoms with Crippen LogP contribution in [0, 0.1) is 11.8 Å². The van der Waals surface area contributed by atoms with Gasteiger partial charge in [0.2, 0.25) is 0 Å². The Bertz CT molecular complexity index is 203. The van der Waals surface area contributed by atoms with Crippen LogP contribution in [0.25, 0.3) is 0 Å². The smallest absolute Gasteiger partial charge is 0.0763 e. The molecule has 4 atom stereocenters. The predicted octanol–water partition coefficient (Wildman–Crippen LogP) is 0.445. The number of halogens is 1. The van der Waals surface area contributed by atoms with Gasteiger partial charge in [0.05, 0.1) is 12.2 Å². The van der Waals surface area contributed by atoms with Crippen LogP contribution in [0.2, 0.25) is 0 Å². The number of nitrogens with zero attached hydrogens (tertiary/aromatic N) is 1. The number of likely N-dealkylation sites (tertiary alicyclic amines) is 1. The highest BCUT2D eigenvalue weighted by Crippen LogP contribution is 2.37. The molecule has 1 saturated heterocycles. The largest absolute Gasteiger partial charge is 0.393 e. The second-order valence-corrected chi connectivity index (χ2v) is 5.24. The van der Waals surface area contributed by atoms with Gasteiger partial charge >= 0.3 is 0 Å². The molecule has 1 heterocycles. The Kier molecular flexibility index (Phi) is 3.47. The number of β-amino-alcohol motifs (C(OH)–C–C–N with tert-alkyl or cyclic N) is 1. The second-order valence-electron chi connectivity index (χ2n) is 4.60. The molecular formula is C10H18BrNO2. The SMILES string of the molecule is OC(CBr)CN1CC2CCC(O)C2C1. The van der Waals surface area contributed by atoms with Gasteiger partial charge in [0.15, 0.2) is 0 Å². The monoisotopic (exact) mass is 263 g/mol.